The SMILES string of the molecule is CCN(CC)S(=O)(=O)c1ccc(CNC(=O)COc2cccc(C)c2C)cc1. The van der Waals surface area contributed by atoms with Crippen LogP contribution in [-0.2, 0) is 21.4 Å². The van der Waals surface area contributed by atoms with Gasteiger partial charge in [0.1, 0.15) is 5.75 Å². The number of amides is 1. The molecule has 2 aromatic rings. The highest BCUT2D eigenvalue weighted by atomic mass is 32.2. The molecule has 1 amide bonds. The van der Waals surface area contributed by atoms with E-state index in [2.05, 4.69) is 5.32 Å². The van der Waals surface area contributed by atoms with Crippen LogP contribution in [0.25, 0.3) is 0 Å². The van der Waals surface area contributed by atoms with Gasteiger partial charge in [-0.25, -0.2) is 8.42 Å². The smallest absolute Gasteiger partial charge is 0.258 e. The van der Waals surface area contributed by atoms with Crippen molar-refractivity contribution < 1.29 is 17.9 Å². The van der Waals surface area contributed by atoms with E-state index < -0.39 is 10.0 Å². The minimum absolute atomic E-state index is 0.0707. The highest BCUT2D eigenvalue weighted by Crippen LogP contribution is 2.20. The summed E-state index contributed by atoms with van der Waals surface area (Å²) in [5, 5.41) is 2.78. The molecule has 0 aliphatic rings. The fourth-order valence-electron chi connectivity index (χ4n) is 2.77. The number of hydrogen-bond donors (Lipinski definition) is 1. The molecule has 0 unspecified atom stereocenters. The number of aryl methyl sites for hydroxylation is 1. The van der Waals surface area contributed by atoms with Crippen LogP contribution in [0.1, 0.15) is 30.5 Å². The van der Waals surface area contributed by atoms with Gasteiger partial charge in [0.25, 0.3) is 5.91 Å². The van der Waals surface area contributed by atoms with Crippen molar-refractivity contribution in [3.05, 3.63) is 59.2 Å². The molecule has 28 heavy (non-hydrogen) atoms. The lowest BCUT2D eigenvalue weighted by atomic mass is 10.1. The quantitative estimate of drug-likeness (QED) is 0.697. The number of rotatable bonds is 9. The summed E-state index contributed by atoms with van der Waals surface area (Å²) in [4.78, 5) is 12.3. The van der Waals surface area contributed by atoms with Crippen LogP contribution < -0.4 is 10.1 Å². The number of ether oxygens (including phenoxy) is 1. The van der Waals surface area contributed by atoms with Crippen LogP contribution in [0.3, 0.4) is 0 Å². The van der Waals surface area contributed by atoms with Crippen LogP contribution in [0.5, 0.6) is 5.75 Å². The van der Waals surface area contributed by atoms with E-state index in [0.29, 0.717) is 25.4 Å². The number of hydrogen-bond acceptors (Lipinski definition) is 4. The summed E-state index contributed by atoms with van der Waals surface area (Å²) >= 11 is 0. The van der Waals surface area contributed by atoms with Gasteiger partial charge in [-0.3, -0.25) is 4.79 Å². The summed E-state index contributed by atoms with van der Waals surface area (Å²) in [5.41, 5.74) is 2.94. The maximum absolute atomic E-state index is 12.5. The maximum atomic E-state index is 12.5. The molecule has 0 bridgehead atoms. The van der Waals surface area contributed by atoms with E-state index in [0.717, 1.165) is 16.7 Å². The molecule has 6 nitrogen and oxygen atoms in total. The molecule has 0 heterocycles. The third kappa shape index (κ3) is 5.33. The number of sulfonamides is 1. The molecule has 0 aliphatic carbocycles. The largest absolute Gasteiger partial charge is 0.483 e. The third-order valence-electron chi connectivity index (χ3n) is 4.67. The van der Waals surface area contributed by atoms with Gasteiger partial charge in [0.15, 0.2) is 6.61 Å². The van der Waals surface area contributed by atoms with Crippen LogP contribution in [0, 0.1) is 13.8 Å². The standard InChI is InChI=1S/C21H28N2O4S/c1-5-23(6-2)28(25,26)19-12-10-18(11-13-19)14-22-21(24)15-27-20-9-7-8-16(3)17(20)4/h7-13H,5-6,14-15H2,1-4H3,(H,22,24). The van der Waals surface area contributed by atoms with Gasteiger partial charge in [-0.05, 0) is 48.7 Å². The second-order valence-corrected chi connectivity index (χ2v) is 8.43. The van der Waals surface area contributed by atoms with Crippen LogP contribution in [0.15, 0.2) is 47.4 Å². The zero-order valence-corrected chi connectivity index (χ0v) is 17.7. The van der Waals surface area contributed by atoms with E-state index in [1.165, 1.54) is 4.31 Å². The molecule has 0 saturated carbocycles. The molecule has 0 aromatic heterocycles. The van der Waals surface area contributed by atoms with Crippen LogP contribution >= 0.6 is 0 Å². The summed E-state index contributed by atoms with van der Waals surface area (Å²) in [6, 6.07) is 12.3. The number of benzene rings is 2. The van der Waals surface area contributed by atoms with Crippen molar-refractivity contribution in [3.63, 3.8) is 0 Å². The Bertz CT molecular complexity index is 905. The molecule has 0 saturated heterocycles. The summed E-state index contributed by atoms with van der Waals surface area (Å²) in [5.74, 6) is 0.460. The van der Waals surface area contributed by atoms with E-state index in [1.54, 1.807) is 24.3 Å². The number of carbonyl (C=O) groups excluding carboxylic acids is 1. The summed E-state index contributed by atoms with van der Waals surface area (Å²) in [7, 11) is -3.47. The first-order valence-corrected chi connectivity index (χ1v) is 10.8. The maximum Gasteiger partial charge on any atom is 0.258 e. The Morgan fingerprint density at radius 2 is 1.68 bits per heavy atom. The Hall–Kier alpha value is -2.38. The Balaban J connectivity index is 1.91. The minimum atomic E-state index is -3.47. The first-order valence-electron chi connectivity index (χ1n) is 9.34. The molecule has 2 aromatic carbocycles. The Labute approximate surface area is 167 Å². The summed E-state index contributed by atoms with van der Waals surface area (Å²) in [6.45, 7) is 8.66. The van der Waals surface area contributed by atoms with Gasteiger partial charge in [0, 0.05) is 19.6 Å². The zero-order valence-electron chi connectivity index (χ0n) is 16.9. The third-order valence-corrected chi connectivity index (χ3v) is 6.73. The number of nitrogens with zero attached hydrogens (tertiary/aromatic N) is 1. The molecule has 0 spiro atoms. The number of nitrogens with one attached hydrogen (secondary N) is 1. The van der Waals surface area contributed by atoms with Crippen molar-refractivity contribution in [2.24, 2.45) is 0 Å². The lowest BCUT2D eigenvalue weighted by Crippen LogP contribution is -2.30. The second kappa shape index (κ2) is 9.71. The van der Waals surface area contributed by atoms with Crippen LogP contribution in [0.2, 0.25) is 0 Å². The van der Waals surface area contributed by atoms with E-state index in [-0.39, 0.29) is 17.4 Å². The predicted molar refractivity (Wildman–Crippen MR) is 110 cm³/mol. The van der Waals surface area contributed by atoms with Crippen molar-refractivity contribution in [2.45, 2.75) is 39.1 Å². The predicted octanol–water partition coefficient (Wildman–Crippen LogP) is 3.03. The van der Waals surface area contributed by atoms with Crippen molar-refractivity contribution in [2.75, 3.05) is 19.7 Å². The molecular formula is C21H28N2O4S. The molecule has 0 atom stereocenters. The molecule has 2 rings (SSSR count). The summed E-state index contributed by atoms with van der Waals surface area (Å²) in [6.07, 6.45) is 0. The highest BCUT2D eigenvalue weighted by molar-refractivity contribution is 7.89. The van der Waals surface area contributed by atoms with Crippen molar-refractivity contribution in [1.29, 1.82) is 0 Å². The number of carbonyl (C=O) groups is 1. The topological polar surface area (TPSA) is 75.7 Å². The second-order valence-electron chi connectivity index (χ2n) is 6.50. The van der Waals surface area contributed by atoms with Crippen molar-refractivity contribution in [1.82, 2.24) is 9.62 Å². The first-order chi connectivity index (χ1) is 13.3. The van der Waals surface area contributed by atoms with Gasteiger partial charge in [-0.2, -0.15) is 4.31 Å². The van der Waals surface area contributed by atoms with Gasteiger partial charge in [-0.1, -0.05) is 38.1 Å². The highest BCUT2D eigenvalue weighted by Gasteiger charge is 2.21. The average Bonchev–Trinajstić information content (AvgIpc) is 2.68. The van der Waals surface area contributed by atoms with Crippen LogP contribution in [-0.4, -0.2) is 38.3 Å². The normalized spacial score (nSPS) is 11.5. The fraction of sp³-hybridized carbons (Fsp3) is 0.381. The zero-order chi connectivity index (χ0) is 20.7. The van der Waals surface area contributed by atoms with E-state index in [1.807, 2.05) is 45.9 Å². The lowest BCUT2D eigenvalue weighted by molar-refractivity contribution is -0.123. The Morgan fingerprint density at radius 1 is 1.04 bits per heavy atom. The van der Waals surface area contributed by atoms with E-state index >= 15 is 0 Å². The lowest BCUT2D eigenvalue weighted by Gasteiger charge is -2.18. The van der Waals surface area contributed by atoms with E-state index in [4.69, 9.17) is 4.74 Å². The molecule has 152 valence electrons. The van der Waals surface area contributed by atoms with Crippen LogP contribution in [0.4, 0.5) is 0 Å². The Morgan fingerprint density at radius 3 is 2.29 bits per heavy atom. The molecule has 0 radical (unpaired) electrons. The van der Waals surface area contributed by atoms with Crippen molar-refractivity contribution in [3.8, 4) is 5.75 Å². The van der Waals surface area contributed by atoms with E-state index in [9.17, 15) is 13.2 Å². The van der Waals surface area contributed by atoms with Gasteiger partial charge in [0.05, 0.1) is 4.90 Å². The fourth-order valence-corrected chi connectivity index (χ4v) is 4.23. The Kier molecular flexibility index (Phi) is 7.60. The molecule has 0 aliphatic heterocycles. The van der Waals surface area contributed by atoms with Crippen molar-refractivity contribution >= 4 is 15.9 Å². The molecular weight excluding hydrogens is 376 g/mol. The molecule has 7 heteroatoms. The van der Waals surface area contributed by atoms with Gasteiger partial charge >= 0.3 is 0 Å². The average molecular weight is 405 g/mol. The first kappa shape index (κ1) is 21.9. The molecule has 0 fully saturated rings. The van der Waals surface area contributed by atoms with Gasteiger partial charge in [-0.15, -0.1) is 0 Å². The monoisotopic (exact) mass is 404 g/mol. The summed E-state index contributed by atoms with van der Waals surface area (Å²) < 4.78 is 32.0. The minimum Gasteiger partial charge on any atom is -0.483 e. The van der Waals surface area contributed by atoms with Gasteiger partial charge in [0.2, 0.25) is 10.0 Å². The van der Waals surface area contributed by atoms with Gasteiger partial charge < -0.3 is 10.1 Å². The molecule has 1 N–H and O–H groups in total.